The van der Waals surface area contributed by atoms with E-state index in [9.17, 15) is 4.79 Å². The molecule has 2 aromatic heterocycles. The van der Waals surface area contributed by atoms with Crippen LogP contribution in [0.15, 0.2) is 24.3 Å². The third kappa shape index (κ3) is 3.55. The largest absolute Gasteiger partial charge is 0.355 e. The fraction of sp³-hybridized carbons (Fsp3) is 0.429. The van der Waals surface area contributed by atoms with Gasteiger partial charge in [-0.05, 0) is 32.4 Å². The molecule has 3 aromatic rings. The van der Waals surface area contributed by atoms with Gasteiger partial charge in [0.05, 0.1) is 17.6 Å². The van der Waals surface area contributed by atoms with Crippen LogP contribution in [0.2, 0.25) is 0 Å². The first kappa shape index (κ1) is 19.3. The fourth-order valence-electron chi connectivity index (χ4n) is 3.79. The molecule has 0 saturated carbocycles. The zero-order valence-electron chi connectivity index (χ0n) is 17.4. The van der Waals surface area contributed by atoms with E-state index in [0.29, 0.717) is 6.54 Å². The Morgan fingerprint density at radius 2 is 2.00 bits per heavy atom. The lowest BCUT2D eigenvalue weighted by atomic mass is 10.2. The van der Waals surface area contributed by atoms with Crippen LogP contribution in [0.4, 0.5) is 5.82 Å². The van der Waals surface area contributed by atoms with Crippen LogP contribution in [0.25, 0.3) is 11.0 Å². The average Bonchev–Trinajstić information content (AvgIpc) is 3.27. The standard InChI is InChI=1S/C21H27N7O/c1-13-14(2)23-19(25-20(13)28-10-9-15(22)11-28)21(29)26(3)12-18-24-16-7-5-6-8-17(16)27(18)4/h5-8,15H,9-12,22H2,1-4H3/t15-/m1/s1. The quantitative estimate of drug-likeness (QED) is 0.726. The van der Waals surface area contributed by atoms with E-state index < -0.39 is 0 Å². The maximum atomic E-state index is 13.1. The molecule has 0 aliphatic carbocycles. The first-order chi connectivity index (χ1) is 13.8. The molecule has 1 amide bonds. The van der Waals surface area contributed by atoms with Crippen molar-refractivity contribution in [3.05, 3.63) is 47.2 Å². The van der Waals surface area contributed by atoms with Gasteiger partial charge in [-0.2, -0.15) is 0 Å². The van der Waals surface area contributed by atoms with Crippen LogP contribution in [0.1, 0.15) is 34.1 Å². The van der Waals surface area contributed by atoms with Crippen LogP contribution in [-0.2, 0) is 13.6 Å². The highest BCUT2D eigenvalue weighted by atomic mass is 16.2. The van der Waals surface area contributed by atoms with Crippen molar-refractivity contribution in [3.8, 4) is 0 Å². The number of aromatic nitrogens is 4. The monoisotopic (exact) mass is 393 g/mol. The number of carbonyl (C=O) groups excluding carboxylic acids is 1. The summed E-state index contributed by atoms with van der Waals surface area (Å²) in [6.07, 6.45) is 0.929. The van der Waals surface area contributed by atoms with E-state index >= 15 is 0 Å². The number of imidazole rings is 1. The number of hydrogen-bond acceptors (Lipinski definition) is 6. The second kappa shape index (κ2) is 7.44. The summed E-state index contributed by atoms with van der Waals surface area (Å²) in [4.78, 5) is 30.6. The molecule has 2 N–H and O–H groups in total. The number of nitrogens with zero attached hydrogens (tertiary/aromatic N) is 6. The van der Waals surface area contributed by atoms with E-state index in [-0.39, 0.29) is 17.8 Å². The first-order valence-electron chi connectivity index (χ1n) is 9.86. The van der Waals surface area contributed by atoms with Gasteiger partial charge in [-0.3, -0.25) is 4.79 Å². The van der Waals surface area contributed by atoms with Crippen LogP contribution >= 0.6 is 0 Å². The lowest BCUT2D eigenvalue weighted by molar-refractivity contribution is 0.0768. The zero-order chi connectivity index (χ0) is 20.7. The number of nitrogens with two attached hydrogens (primary N) is 1. The van der Waals surface area contributed by atoms with E-state index in [4.69, 9.17) is 5.73 Å². The Morgan fingerprint density at radius 1 is 1.24 bits per heavy atom. The summed E-state index contributed by atoms with van der Waals surface area (Å²) in [5.41, 5.74) is 9.83. The van der Waals surface area contributed by atoms with Crippen molar-refractivity contribution in [2.24, 2.45) is 12.8 Å². The molecule has 0 spiro atoms. The molecule has 8 nitrogen and oxygen atoms in total. The SMILES string of the molecule is Cc1nc(C(=O)N(C)Cc2nc3ccccc3n2C)nc(N2CC[C@@H](N)C2)c1C. The van der Waals surface area contributed by atoms with Gasteiger partial charge in [-0.1, -0.05) is 12.1 Å². The van der Waals surface area contributed by atoms with Gasteiger partial charge in [0.2, 0.25) is 5.82 Å². The van der Waals surface area contributed by atoms with Crippen LogP contribution in [0.3, 0.4) is 0 Å². The second-order valence-electron chi connectivity index (χ2n) is 7.81. The van der Waals surface area contributed by atoms with Gasteiger partial charge in [0.15, 0.2) is 0 Å². The summed E-state index contributed by atoms with van der Waals surface area (Å²) in [6, 6.07) is 8.08. The minimum atomic E-state index is -0.218. The van der Waals surface area contributed by atoms with Crippen LogP contribution in [0.5, 0.6) is 0 Å². The molecule has 0 unspecified atom stereocenters. The Morgan fingerprint density at radius 3 is 2.69 bits per heavy atom. The van der Waals surface area contributed by atoms with Gasteiger partial charge < -0.3 is 20.1 Å². The summed E-state index contributed by atoms with van der Waals surface area (Å²) in [6.45, 7) is 5.89. The van der Waals surface area contributed by atoms with Crippen LogP contribution < -0.4 is 10.6 Å². The maximum Gasteiger partial charge on any atom is 0.291 e. The minimum absolute atomic E-state index is 0.143. The molecule has 3 heterocycles. The number of anilines is 1. The van der Waals surface area contributed by atoms with E-state index in [1.54, 1.807) is 11.9 Å². The van der Waals surface area contributed by atoms with Crippen molar-refractivity contribution in [3.63, 3.8) is 0 Å². The van der Waals surface area contributed by atoms with Crippen LogP contribution in [0, 0.1) is 13.8 Å². The van der Waals surface area contributed by atoms with Gasteiger partial charge in [-0.25, -0.2) is 15.0 Å². The fourth-order valence-corrected chi connectivity index (χ4v) is 3.79. The maximum absolute atomic E-state index is 13.1. The molecular weight excluding hydrogens is 366 g/mol. The zero-order valence-corrected chi connectivity index (χ0v) is 17.4. The lowest BCUT2D eigenvalue weighted by Crippen LogP contribution is -2.31. The molecule has 8 heteroatoms. The van der Waals surface area contributed by atoms with E-state index in [2.05, 4.69) is 19.9 Å². The molecule has 1 aliphatic rings. The molecule has 0 radical (unpaired) electrons. The van der Waals surface area contributed by atoms with Gasteiger partial charge in [0, 0.05) is 44.5 Å². The van der Waals surface area contributed by atoms with E-state index in [1.807, 2.05) is 49.7 Å². The predicted molar refractivity (Wildman–Crippen MR) is 113 cm³/mol. The molecule has 1 saturated heterocycles. The Bertz CT molecular complexity index is 1070. The third-order valence-electron chi connectivity index (χ3n) is 5.68. The third-order valence-corrected chi connectivity index (χ3v) is 5.68. The van der Waals surface area contributed by atoms with Crippen molar-refractivity contribution in [1.82, 2.24) is 24.4 Å². The number of hydrogen-bond donors (Lipinski definition) is 1. The highest BCUT2D eigenvalue weighted by Crippen LogP contribution is 2.24. The molecule has 0 bridgehead atoms. The van der Waals surface area contributed by atoms with Crippen molar-refractivity contribution in [1.29, 1.82) is 0 Å². The number of rotatable bonds is 4. The predicted octanol–water partition coefficient (Wildman–Crippen LogP) is 1.79. The number of amides is 1. The number of fused-ring (bicyclic) bond motifs is 1. The smallest absolute Gasteiger partial charge is 0.291 e. The Labute approximate surface area is 170 Å². The molecule has 152 valence electrons. The Hall–Kier alpha value is -3.00. The highest BCUT2D eigenvalue weighted by molar-refractivity contribution is 5.91. The molecule has 1 aromatic carbocycles. The normalized spacial score (nSPS) is 16.6. The van der Waals surface area contributed by atoms with Crippen molar-refractivity contribution < 1.29 is 4.79 Å². The number of benzene rings is 1. The van der Waals surface area contributed by atoms with Gasteiger partial charge >= 0.3 is 0 Å². The summed E-state index contributed by atoms with van der Waals surface area (Å²) >= 11 is 0. The molecule has 1 aliphatic heterocycles. The number of aryl methyl sites for hydroxylation is 2. The topological polar surface area (TPSA) is 93.2 Å². The van der Waals surface area contributed by atoms with Gasteiger partial charge in [0.1, 0.15) is 11.6 Å². The van der Waals surface area contributed by atoms with E-state index in [1.165, 1.54) is 0 Å². The Balaban J connectivity index is 1.60. The molecule has 1 fully saturated rings. The van der Waals surface area contributed by atoms with Gasteiger partial charge in [-0.15, -0.1) is 0 Å². The minimum Gasteiger partial charge on any atom is -0.355 e. The molecule has 4 rings (SSSR count). The van der Waals surface area contributed by atoms with Crippen LogP contribution in [-0.4, -0.2) is 56.5 Å². The summed E-state index contributed by atoms with van der Waals surface area (Å²) in [7, 11) is 3.72. The Kier molecular flexibility index (Phi) is 4.96. The summed E-state index contributed by atoms with van der Waals surface area (Å²) in [5.74, 6) is 1.62. The summed E-state index contributed by atoms with van der Waals surface area (Å²) in [5, 5.41) is 0. The molecule has 29 heavy (non-hydrogen) atoms. The van der Waals surface area contributed by atoms with E-state index in [0.717, 1.165) is 53.4 Å². The van der Waals surface area contributed by atoms with Crippen molar-refractivity contribution in [2.75, 3.05) is 25.0 Å². The summed E-state index contributed by atoms with van der Waals surface area (Å²) < 4.78 is 2.01. The molecular formula is C21H27N7O. The second-order valence-corrected chi connectivity index (χ2v) is 7.81. The average molecular weight is 393 g/mol. The molecule has 1 atom stereocenters. The number of carbonyl (C=O) groups is 1. The van der Waals surface area contributed by atoms with Crippen molar-refractivity contribution >= 4 is 22.8 Å². The number of para-hydroxylation sites is 2. The lowest BCUT2D eigenvalue weighted by Gasteiger charge is -2.22. The highest BCUT2D eigenvalue weighted by Gasteiger charge is 2.26. The van der Waals surface area contributed by atoms with Gasteiger partial charge in [0.25, 0.3) is 5.91 Å². The first-order valence-corrected chi connectivity index (χ1v) is 9.86. The van der Waals surface area contributed by atoms with Crippen molar-refractivity contribution in [2.45, 2.75) is 32.9 Å².